The summed E-state index contributed by atoms with van der Waals surface area (Å²) in [5, 5.41) is 3.64. The molecule has 1 fully saturated rings. The lowest BCUT2D eigenvalue weighted by atomic mass is 9.84. The normalized spacial score (nSPS) is 19.7. The van der Waals surface area contributed by atoms with Crippen LogP contribution in [0.15, 0.2) is 0 Å². The van der Waals surface area contributed by atoms with E-state index >= 15 is 0 Å². The summed E-state index contributed by atoms with van der Waals surface area (Å²) in [5.74, 6) is 1.79. The van der Waals surface area contributed by atoms with Crippen LogP contribution >= 0.6 is 0 Å². The first-order valence-corrected chi connectivity index (χ1v) is 7.73. The highest BCUT2D eigenvalue weighted by Crippen LogP contribution is 2.34. The summed E-state index contributed by atoms with van der Waals surface area (Å²) in [6.07, 6.45) is 8.23. The third kappa shape index (κ3) is 5.71. The minimum atomic E-state index is 0.0364. The molecule has 1 saturated carbocycles. The standard InChI is InChI=1S/C16H33NO/c1-13(2)17-12-15(14-8-6-7-9-14)10-11-16(3,4)18-5/h13-15,17H,6-12H2,1-5H3. The fourth-order valence-electron chi connectivity index (χ4n) is 2.96. The van der Waals surface area contributed by atoms with Gasteiger partial charge < -0.3 is 10.1 Å². The Bertz CT molecular complexity index is 219. The van der Waals surface area contributed by atoms with Crippen molar-refractivity contribution in [2.45, 2.75) is 77.9 Å². The lowest BCUT2D eigenvalue weighted by molar-refractivity contribution is 0.00819. The average Bonchev–Trinajstić information content (AvgIpc) is 2.82. The Morgan fingerprint density at radius 2 is 1.83 bits per heavy atom. The lowest BCUT2D eigenvalue weighted by Crippen LogP contribution is -2.33. The summed E-state index contributed by atoms with van der Waals surface area (Å²) in [5.41, 5.74) is 0.0364. The molecular weight excluding hydrogens is 222 g/mol. The van der Waals surface area contributed by atoms with Crippen molar-refractivity contribution in [1.29, 1.82) is 0 Å². The number of ether oxygens (including phenoxy) is 1. The molecule has 2 nitrogen and oxygen atoms in total. The van der Waals surface area contributed by atoms with E-state index in [-0.39, 0.29) is 5.60 Å². The van der Waals surface area contributed by atoms with E-state index in [4.69, 9.17) is 4.74 Å². The van der Waals surface area contributed by atoms with Gasteiger partial charge in [0.2, 0.25) is 0 Å². The molecule has 0 heterocycles. The molecule has 1 aliphatic carbocycles. The molecule has 0 amide bonds. The minimum absolute atomic E-state index is 0.0364. The molecule has 1 aliphatic rings. The number of nitrogens with one attached hydrogen (secondary N) is 1. The van der Waals surface area contributed by atoms with Crippen molar-refractivity contribution in [2.75, 3.05) is 13.7 Å². The van der Waals surface area contributed by atoms with Crippen LogP contribution in [-0.4, -0.2) is 25.3 Å². The zero-order valence-corrected chi connectivity index (χ0v) is 13.1. The molecule has 0 bridgehead atoms. The van der Waals surface area contributed by atoms with E-state index in [1.165, 1.54) is 45.1 Å². The molecule has 18 heavy (non-hydrogen) atoms. The molecule has 0 spiro atoms. The number of hydrogen-bond donors (Lipinski definition) is 1. The van der Waals surface area contributed by atoms with Crippen LogP contribution in [0, 0.1) is 11.8 Å². The Morgan fingerprint density at radius 1 is 1.22 bits per heavy atom. The van der Waals surface area contributed by atoms with Crippen LogP contribution < -0.4 is 5.32 Å². The van der Waals surface area contributed by atoms with Crippen molar-refractivity contribution >= 4 is 0 Å². The van der Waals surface area contributed by atoms with Gasteiger partial charge in [0.25, 0.3) is 0 Å². The predicted molar refractivity (Wildman–Crippen MR) is 78.9 cm³/mol. The third-order valence-electron chi connectivity index (χ3n) is 4.52. The van der Waals surface area contributed by atoms with Gasteiger partial charge in [0.05, 0.1) is 5.60 Å². The Hall–Kier alpha value is -0.0800. The second kappa shape index (κ2) is 7.49. The maximum Gasteiger partial charge on any atom is 0.0622 e. The van der Waals surface area contributed by atoms with Gasteiger partial charge in [-0.3, -0.25) is 0 Å². The summed E-state index contributed by atoms with van der Waals surface area (Å²) in [6.45, 7) is 10.1. The molecule has 0 radical (unpaired) electrons. The van der Waals surface area contributed by atoms with Gasteiger partial charge in [0.1, 0.15) is 0 Å². The SMILES string of the molecule is COC(C)(C)CCC(CNC(C)C)C1CCCC1. The van der Waals surface area contributed by atoms with Crippen molar-refractivity contribution in [3.05, 3.63) is 0 Å². The Balaban J connectivity index is 2.43. The van der Waals surface area contributed by atoms with E-state index < -0.39 is 0 Å². The third-order valence-corrected chi connectivity index (χ3v) is 4.52. The van der Waals surface area contributed by atoms with Crippen LogP contribution in [0.2, 0.25) is 0 Å². The Morgan fingerprint density at radius 3 is 2.33 bits per heavy atom. The Kier molecular flexibility index (Phi) is 6.65. The highest BCUT2D eigenvalue weighted by Gasteiger charge is 2.27. The van der Waals surface area contributed by atoms with E-state index in [1.54, 1.807) is 0 Å². The molecule has 108 valence electrons. The minimum Gasteiger partial charge on any atom is -0.379 e. The summed E-state index contributed by atoms with van der Waals surface area (Å²) >= 11 is 0. The van der Waals surface area contributed by atoms with Gasteiger partial charge in [-0.15, -0.1) is 0 Å². The van der Waals surface area contributed by atoms with Crippen molar-refractivity contribution < 1.29 is 4.74 Å². The zero-order chi connectivity index (χ0) is 13.6. The van der Waals surface area contributed by atoms with E-state index in [9.17, 15) is 0 Å². The van der Waals surface area contributed by atoms with E-state index in [1.807, 2.05) is 7.11 Å². The molecular formula is C16H33NO. The molecule has 0 aromatic rings. The van der Waals surface area contributed by atoms with Gasteiger partial charge in [-0.25, -0.2) is 0 Å². The largest absolute Gasteiger partial charge is 0.379 e. The molecule has 1 N–H and O–H groups in total. The molecule has 0 aromatic carbocycles. The number of hydrogen-bond acceptors (Lipinski definition) is 2. The molecule has 1 unspecified atom stereocenters. The summed E-state index contributed by atoms with van der Waals surface area (Å²) in [4.78, 5) is 0. The molecule has 0 saturated heterocycles. The molecule has 0 aromatic heterocycles. The van der Waals surface area contributed by atoms with Crippen molar-refractivity contribution in [3.63, 3.8) is 0 Å². The van der Waals surface area contributed by atoms with Gasteiger partial charge in [-0.1, -0.05) is 39.5 Å². The fraction of sp³-hybridized carbons (Fsp3) is 1.00. The summed E-state index contributed by atoms with van der Waals surface area (Å²) in [6, 6.07) is 0.601. The first-order valence-electron chi connectivity index (χ1n) is 7.73. The quantitative estimate of drug-likeness (QED) is 0.708. The van der Waals surface area contributed by atoms with Crippen molar-refractivity contribution in [3.8, 4) is 0 Å². The maximum atomic E-state index is 5.56. The molecule has 1 rings (SSSR count). The van der Waals surface area contributed by atoms with Crippen LogP contribution in [0.4, 0.5) is 0 Å². The first kappa shape index (κ1) is 16.0. The molecule has 2 heteroatoms. The smallest absolute Gasteiger partial charge is 0.0622 e. The van der Waals surface area contributed by atoms with Crippen LogP contribution in [0.5, 0.6) is 0 Å². The monoisotopic (exact) mass is 255 g/mol. The van der Waals surface area contributed by atoms with Crippen LogP contribution in [0.1, 0.15) is 66.2 Å². The van der Waals surface area contributed by atoms with Gasteiger partial charge in [-0.05, 0) is 45.1 Å². The Labute approximate surface area is 114 Å². The van der Waals surface area contributed by atoms with Gasteiger partial charge in [0, 0.05) is 13.2 Å². The summed E-state index contributed by atoms with van der Waals surface area (Å²) in [7, 11) is 1.83. The van der Waals surface area contributed by atoms with Gasteiger partial charge in [0.15, 0.2) is 0 Å². The van der Waals surface area contributed by atoms with Crippen molar-refractivity contribution in [1.82, 2.24) is 5.32 Å². The van der Waals surface area contributed by atoms with Crippen LogP contribution in [0.3, 0.4) is 0 Å². The van der Waals surface area contributed by atoms with Gasteiger partial charge in [-0.2, -0.15) is 0 Å². The number of rotatable bonds is 8. The summed E-state index contributed by atoms with van der Waals surface area (Å²) < 4.78 is 5.56. The lowest BCUT2D eigenvalue weighted by Gasteiger charge is -2.29. The zero-order valence-electron chi connectivity index (χ0n) is 13.1. The van der Waals surface area contributed by atoms with Crippen molar-refractivity contribution in [2.24, 2.45) is 11.8 Å². The molecule has 1 atom stereocenters. The predicted octanol–water partition coefficient (Wildman–Crippen LogP) is 4.00. The van der Waals surface area contributed by atoms with E-state index in [2.05, 4.69) is 33.0 Å². The van der Waals surface area contributed by atoms with Crippen LogP contribution in [-0.2, 0) is 4.74 Å². The fourth-order valence-corrected chi connectivity index (χ4v) is 2.96. The maximum absolute atomic E-state index is 5.56. The topological polar surface area (TPSA) is 21.3 Å². The second-order valence-corrected chi connectivity index (χ2v) is 6.87. The molecule has 0 aliphatic heterocycles. The average molecular weight is 255 g/mol. The van der Waals surface area contributed by atoms with Gasteiger partial charge >= 0.3 is 0 Å². The highest BCUT2D eigenvalue weighted by atomic mass is 16.5. The first-order chi connectivity index (χ1) is 8.44. The van der Waals surface area contributed by atoms with E-state index in [0.717, 1.165) is 11.8 Å². The second-order valence-electron chi connectivity index (χ2n) is 6.87. The van der Waals surface area contributed by atoms with E-state index in [0.29, 0.717) is 6.04 Å². The van der Waals surface area contributed by atoms with Crippen LogP contribution in [0.25, 0.3) is 0 Å². The number of methoxy groups -OCH3 is 1. The highest BCUT2D eigenvalue weighted by molar-refractivity contribution is 4.80.